The first-order valence-electron chi connectivity index (χ1n) is 7.08. The predicted molar refractivity (Wildman–Crippen MR) is 85.8 cm³/mol. The zero-order valence-corrected chi connectivity index (χ0v) is 13.4. The molecule has 1 heterocycles. The maximum atomic E-state index is 5.41. The van der Waals surface area contributed by atoms with Crippen molar-refractivity contribution in [3.63, 3.8) is 0 Å². The van der Waals surface area contributed by atoms with Gasteiger partial charge in [0.1, 0.15) is 5.75 Å². The van der Waals surface area contributed by atoms with Gasteiger partial charge in [-0.15, -0.1) is 0 Å². The van der Waals surface area contributed by atoms with Gasteiger partial charge in [-0.3, -0.25) is 0 Å². The smallest absolute Gasteiger partial charge is 0.204 e. The van der Waals surface area contributed by atoms with Crippen LogP contribution in [0.15, 0.2) is 30.5 Å². The third-order valence-corrected chi connectivity index (χ3v) is 3.65. The second kappa shape index (κ2) is 6.63. The average molecular weight is 288 g/mol. The summed E-state index contributed by atoms with van der Waals surface area (Å²) in [6.45, 7) is 2.90. The van der Waals surface area contributed by atoms with Crippen molar-refractivity contribution < 1.29 is 4.74 Å². The second-order valence-electron chi connectivity index (χ2n) is 5.35. The molecule has 1 aromatic carbocycles. The highest BCUT2D eigenvalue weighted by Crippen LogP contribution is 2.24. The van der Waals surface area contributed by atoms with E-state index < -0.39 is 0 Å². The van der Waals surface area contributed by atoms with Crippen molar-refractivity contribution in [2.24, 2.45) is 7.05 Å². The Morgan fingerprint density at radius 3 is 2.67 bits per heavy atom. The molecule has 0 aliphatic heterocycles. The van der Waals surface area contributed by atoms with Crippen LogP contribution in [0.25, 0.3) is 0 Å². The molecule has 0 spiro atoms. The van der Waals surface area contributed by atoms with Crippen molar-refractivity contribution in [2.75, 3.05) is 26.1 Å². The van der Waals surface area contributed by atoms with E-state index >= 15 is 0 Å². The summed E-state index contributed by atoms with van der Waals surface area (Å²) in [5.74, 6) is 1.87. The van der Waals surface area contributed by atoms with Crippen LogP contribution in [-0.2, 0) is 13.6 Å². The Balaban J connectivity index is 2.06. The lowest BCUT2D eigenvalue weighted by Crippen LogP contribution is -2.21. The van der Waals surface area contributed by atoms with Crippen molar-refractivity contribution in [1.82, 2.24) is 14.9 Å². The van der Waals surface area contributed by atoms with Gasteiger partial charge in [0.05, 0.1) is 19.0 Å². The molecule has 0 fully saturated rings. The van der Waals surface area contributed by atoms with Gasteiger partial charge < -0.3 is 19.5 Å². The lowest BCUT2D eigenvalue weighted by molar-refractivity contribution is 0.401. The Kier molecular flexibility index (Phi) is 4.85. The molecule has 2 aromatic rings. The third kappa shape index (κ3) is 3.36. The van der Waals surface area contributed by atoms with Gasteiger partial charge >= 0.3 is 0 Å². The number of hydrogen-bond acceptors (Lipinski definition) is 4. The van der Waals surface area contributed by atoms with Crippen LogP contribution in [0.3, 0.4) is 0 Å². The number of rotatable bonds is 6. The molecule has 2 rings (SSSR count). The summed E-state index contributed by atoms with van der Waals surface area (Å²) < 4.78 is 7.51. The molecule has 5 heteroatoms. The van der Waals surface area contributed by atoms with E-state index in [9.17, 15) is 0 Å². The number of nitrogens with zero attached hydrogens (tertiary/aromatic N) is 3. The van der Waals surface area contributed by atoms with Gasteiger partial charge in [0.25, 0.3) is 0 Å². The molecule has 0 aliphatic rings. The van der Waals surface area contributed by atoms with E-state index in [1.165, 1.54) is 0 Å². The molecule has 0 amide bonds. The van der Waals surface area contributed by atoms with Crippen LogP contribution < -0.4 is 15.0 Å². The van der Waals surface area contributed by atoms with Gasteiger partial charge in [0, 0.05) is 39.3 Å². The number of para-hydroxylation sites is 1. The first-order valence-corrected chi connectivity index (χ1v) is 7.08. The van der Waals surface area contributed by atoms with Gasteiger partial charge in [0.15, 0.2) is 0 Å². The fourth-order valence-corrected chi connectivity index (χ4v) is 2.41. The minimum atomic E-state index is 0.207. The summed E-state index contributed by atoms with van der Waals surface area (Å²) in [7, 11) is 7.73. The third-order valence-electron chi connectivity index (χ3n) is 3.65. The number of benzene rings is 1. The van der Waals surface area contributed by atoms with Crippen molar-refractivity contribution in [3.8, 4) is 5.75 Å². The molecule has 21 heavy (non-hydrogen) atoms. The summed E-state index contributed by atoms with van der Waals surface area (Å²) in [5, 5.41) is 3.52. The van der Waals surface area contributed by atoms with Crippen LogP contribution in [0.2, 0.25) is 0 Å². The first-order chi connectivity index (χ1) is 10.0. The highest BCUT2D eigenvalue weighted by atomic mass is 16.5. The van der Waals surface area contributed by atoms with Crippen molar-refractivity contribution in [2.45, 2.75) is 19.5 Å². The minimum absolute atomic E-state index is 0.207. The molecular weight excluding hydrogens is 264 g/mol. The molecule has 0 radical (unpaired) electrons. The standard InChI is InChI=1S/C16H24N4O/c1-12(14-8-6-7-9-15(14)21-5)17-10-13-11-18-16(19(2)3)20(13)4/h6-9,11-12,17H,10H2,1-5H3. The van der Waals surface area contributed by atoms with Crippen LogP contribution >= 0.6 is 0 Å². The Labute approximate surface area is 126 Å². The first kappa shape index (κ1) is 15.4. The lowest BCUT2D eigenvalue weighted by atomic mass is 10.1. The van der Waals surface area contributed by atoms with E-state index in [0.29, 0.717) is 0 Å². The Morgan fingerprint density at radius 2 is 2.05 bits per heavy atom. The van der Waals surface area contributed by atoms with E-state index in [1.807, 2.05) is 50.4 Å². The van der Waals surface area contributed by atoms with Crippen LogP contribution in [0.1, 0.15) is 24.2 Å². The topological polar surface area (TPSA) is 42.3 Å². The van der Waals surface area contributed by atoms with E-state index in [1.54, 1.807) is 7.11 Å². The summed E-state index contributed by atoms with van der Waals surface area (Å²) in [4.78, 5) is 6.43. The molecule has 1 N–H and O–H groups in total. The Morgan fingerprint density at radius 1 is 1.33 bits per heavy atom. The Hall–Kier alpha value is -2.01. The summed E-state index contributed by atoms with van der Waals surface area (Å²) in [5.41, 5.74) is 2.32. The summed E-state index contributed by atoms with van der Waals surface area (Å²) in [6.07, 6.45) is 1.91. The lowest BCUT2D eigenvalue weighted by Gasteiger charge is -2.18. The zero-order chi connectivity index (χ0) is 15.4. The molecule has 0 aliphatic carbocycles. The maximum Gasteiger partial charge on any atom is 0.204 e. The molecule has 1 atom stereocenters. The van der Waals surface area contributed by atoms with Gasteiger partial charge in [-0.2, -0.15) is 0 Å². The highest BCUT2D eigenvalue weighted by Gasteiger charge is 2.12. The van der Waals surface area contributed by atoms with E-state index in [-0.39, 0.29) is 6.04 Å². The van der Waals surface area contributed by atoms with Gasteiger partial charge in [-0.05, 0) is 13.0 Å². The number of ether oxygens (including phenoxy) is 1. The maximum absolute atomic E-state index is 5.41. The van der Waals surface area contributed by atoms with Crippen molar-refractivity contribution in [1.29, 1.82) is 0 Å². The van der Waals surface area contributed by atoms with Crippen molar-refractivity contribution >= 4 is 5.95 Å². The number of nitrogens with one attached hydrogen (secondary N) is 1. The molecule has 114 valence electrons. The van der Waals surface area contributed by atoms with E-state index in [4.69, 9.17) is 4.74 Å². The summed E-state index contributed by atoms with van der Waals surface area (Å²) in [6, 6.07) is 8.30. The molecule has 1 aromatic heterocycles. The normalized spacial score (nSPS) is 12.2. The largest absolute Gasteiger partial charge is 0.496 e. The van der Waals surface area contributed by atoms with Gasteiger partial charge in [-0.1, -0.05) is 18.2 Å². The molecule has 0 bridgehead atoms. The average Bonchev–Trinajstić information content (AvgIpc) is 2.86. The number of imidazole rings is 1. The van der Waals surface area contributed by atoms with Crippen molar-refractivity contribution in [3.05, 3.63) is 41.7 Å². The van der Waals surface area contributed by atoms with Crippen LogP contribution in [0, 0.1) is 0 Å². The van der Waals surface area contributed by atoms with Gasteiger partial charge in [-0.25, -0.2) is 4.98 Å². The SMILES string of the molecule is COc1ccccc1C(C)NCc1cnc(N(C)C)n1C. The molecule has 0 saturated heterocycles. The number of hydrogen-bond donors (Lipinski definition) is 1. The quantitative estimate of drug-likeness (QED) is 0.886. The molecule has 1 unspecified atom stereocenters. The fourth-order valence-electron chi connectivity index (χ4n) is 2.41. The monoisotopic (exact) mass is 288 g/mol. The second-order valence-corrected chi connectivity index (χ2v) is 5.35. The number of methoxy groups -OCH3 is 1. The predicted octanol–water partition coefficient (Wildman–Crippen LogP) is 2.35. The molecule has 5 nitrogen and oxygen atoms in total. The van der Waals surface area contributed by atoms with E-state index in [2.05, 4.69) is 27.9 Å². The van der Waals surface area contributed by atoms with Gasteiger partial charge in [0.2, 0.25) is 5.95 Å². The van der Waals surface area contributed by atoms with E-state index in [0.717, 1.165) is 29.5 Å². The molecule has 0 saturated carbocycles. The molecular formula is C16H24N4O. The number of anilines is 1. The summed E-state index contributed by atoms with van der Waals surface area (Å²) >= 11 is 0. The fraction of sp³-hybridized carbons (Fsp3) is 0.438. The number of aromatic nitrogens is 2. The van der Waals surface area contributed by atoms with Crippen LogP contribution in [0.4, 0.5) is 5.95 Å². The van der Waals surface area contributed by atoms with Crippen LogP contribution in [-0.4, -0.2) is 30.8 Å². The van der Waals surface area contributed by atoms with Crippen LogP contribution in [0.5, 0.6) is 5.75 Å². The highest BCUT2D eigenvalue weighted by molar-refractivity contribution is 5.35. The Bertz CT molecular complexity index is 592. The minimum Gasteiger partial charge on any atom is -0.496 e. The zero-order valence-electron chi connectivity index (χ0n) is 13.4.